The molecule has 2 amide bonds. The van der Waals surface area contributed by atoms with Gasteiger partial charge in [0.1, 0.15) is 0 Å². The van der Waals surface area contributed by atoms with E-state index in [1.807, 2.05) is 24.3 Å². The molecule has 0 saturated heterocycles. The lowest BCUT2D eigenvalue weighted by atomic mass is 10.1. The van der Waals surface area contributed by atoms with E-state index in [0.29, 0.717) is 0 Å². The lowest BCUT2D eigenvalue weighted by Gasteiger charge is -2.15. The molecule has 1 aromatic heterocycles. The van der Waals surface area contributed by atoms with Crippen LogP contribution < -0.4 is 10.6 Å². The average molecular weight is 394 g/mol. The Labute approximate surface area is 136 Å². The molecular formula is C13H11BrF3N3OS. The van der Waals surface area contributed by atoms with Gasteiger partial charge in [0.2, 0.25) is 0 Å². The second kappa shape index (κ2) is 6.66. The zero-order valence-electron chi connectivity index (χ0n) is 11.2. The van der Waals surface area contributed by atoms with E-state index in [-0.39, 0.29) is 11.2 Å². The highest BCUT2D eigenvalue weighted by Crippen LogP contribution is 2.31. The number of thiazole rings is 1. The van der Waals surface area contributed by atoms with Crippen LogP contribution in [-0.4, -0.2) is 11.0 Å². The summed E-state index contributed by atoms with van der Waals surface area (Å²) < 4.78 is 38.1. The number of hydrogen-bond donors (Lipinski definition) is 2. The maximum atomic E-state index is 12.4. The van der Waals surface area contributed by atoms with Crippen LogP contribution in [0.2, 0.25) is 0 Å². The highest BCUT2D eigenvalue weighted by atomic mass is 79.9. The van der Waals surface area contributed by atoms with Crippen LogP contribution in [0.1, 0.15) is 24.2 Å². The molecule has 0 aliphatic carbocycles. The standard InChI is InChI=1S/C13H11BrF3N3OS/c1-7(8-4-2-3-5-9(8)14)18-11(21)20-12-19-10(6-22-12)13(15,16)17/h2-7H,1H3,(H2,18,19,20,21). The number of urea groups is 1. The topological polar surface area (TPSA) is 54.0 Å². The Morgan fingerprint density at radius 2 is 2.05 bits per heavy atom. The molecule has 2 N–H and O–H groups in total. The van der Waals surface area contributed by atoms with E-state index >= 15 is 0 Å². The SMILES string of the molecule is CC(NC(=O)Nc1nc(C(F)(F)F)cs1)c1ccccc1Br. The molecule has 0 bridgehead atoms. The third kappa shape index (κ3) is 4.20. The molecule has 1 unspecified atom stereocenters. The van der Waals surface area contributed by atoms with Gasteiger partial charge in [-0.3, -0.25) is 5.32 Å². The van der Waals surface area contributed by atoms with Crippen molar-refractivity contribution in [3.63, 3.8) is 0 Å². The van der Waals surface area contributed by atoms with E-state index in [9.17, 15) is 18.0 Å². The zero-order chi connectivity index (χ0) is 16.3. The van der Waals surface area contributed by atoms with Gasteiger partial charge in [0.05, 0.1) is 6.04 Å². The van der Waals surface area contributed by atoms with Crippen LogP contribution in [0.4, 0.5) is 23.1 Å². The Hall–Kier alpha value is -1.61. The van der Waals surface area contributed by atoms with Crippen molar-refractivity contribution < 1.29 is 18.0 Å². The number of carbonyl (C=O) groups is 1. The van der Waals surface area contributed by atoms with Crippen LogP contribution in [0.5, 0.6) is 0 Å². The number of benzene rings is 1. The van der Waals surface area contributed by atoms with Crippen molar-refractivity contribution in [2.45, 2.75) is 19.1 Å². The van der Waals surface area contributed by atoms with E-state index < -0.39 is 17.9 Å². The molecule has 1 atom stereocenters. The lowest BCUT2D eigenvalue weighted by Crippen LogP contribution is -2.31. The quantitative estimate of drug-likeness (QED) is 0.786. The van der Waals surface area contributed by atoms with Crippen molar-refractivity contribution in [1.29, 1.82) is 0 Å². The van der Waals surface area contributed by atoms with Crippen molar-refractivity contribution in [3.8, 4) is 0 Å². The largest absolute Gasteiger partial charge is 0.434 e. The molecule has 0 aliphatic rings. The summed E-state index contributed by atoms with van der Waals surface area (Å²) in [7, 11) is 0. The molecule has 0 saturated carbocycles. The van der Waals surface area contributed by atoms with Crippen molar-refractivity contribution in [2.75, 3.05) is 5.32 Å². The van der Waals surface area contributed by atoms with Crippen LogP contribution in [0.3, 0.4) is 0 Å². The predicted octanol–water partition coefficient (Wildman–Crippen LogP) is 4.81. The van der Waals surface area contributed by atoms with Gasteiger partial charge in [0, 0.05) is 9.85 Å². The summed E-state index contributed by atoms with van der Waals surface area (Å²) in [5.74, 6) is 0. The molecule has 0 radical (unpaired) electrons. The summed E-state index contributed by atoms with van der Waals surface area (Å²) in [6, 6.07) is 6.40. The summed E-state index contributed by atoms with van der Waals surface area (Å²) >= 11 is 4.09. The number of aromatic nitrogens is 1. The van der Waals surface area contributed by atoms with Crippen molar-refractivity contribution >= 4 is 38.4 Å². The first-order valence-corrected chi connectivity index (χ1v) is 7.79. The third-order valence-electron chi connectivity index (χ3n) is 2.73. The molecule has 4 nitrogen and oxygen atoms in total. The van der Waals surface area contributed by atoms with Gasteiger partial charge in [-0.25, -0.2) is 9.78 Å². The van der Waals surface area contributed by atoms with E-state index in [1.54, 1.807) is 6.92 Å². The number of halogens is 4. The van der Waals surface area contributed by atoms with E-state index in [2.05, 4.69) is 31.5 Å². The highest BCUT2D eigenvalue weighted by Gasteiger charge is 2.33. The summed E-state index contributed by atoms with van der Waals surface area (Å²) in [6.45, 7) is 1.77. The maximum absolute atomic E-state index is 12.4. The minimum absolute atomic E-state index is 0.107. The maximum Gasteiger partial charge on any atom is 0.434 e. The van der Waals surface area contributed by atoms with E-state index in [1.165, 1.54) is 0 Å². The fraction of sp³-hybridized carbons (Fsp3) is 0.231. The number of amides is 2. The molecule has 1 heterocycles. The fourth-order valence-electron chi connectivity index (χ4n) is 1.70. The first-order valence-electron chi connectivity index (χ1n) is 6.12. The smallest absolute Gasteiger partial charge is 0.331 e. The fourth-order valence-corrected chi connectivity index (χ4v) is 3.04. The van der Waals surface area contributed by atoms with Crippen molar-refractivity contribution in [2.24, 2.45) is 0 Å². The van der Waals surface area contributed by atoms with Gasteiger partial charge in [-0.2, -0.15) is 13.2 Å². The number of nitrogens with zero attached hydrogens (tertiary/aromatic N) is 1. The Balaban J connectivity index is 1.98. The second-order valence-electron chi connectivity index (χ2n) is 4.38. The predicted molar refractivity (Wildman–Crippen MR) is 81.8 cm³/mol. The minimum Gasteiger partial charge on any atom is -0.331 e. The molecule has 0 aliphatic heterocycles. The number of rotatable bonds is 3. The Morgan fingerprint density at radius 1 is 1.36 bits per heavy atom. The molecule has 118 valence electrons. The van der Waals surface area contributed by atoms with Crippen LogP contribution in [0, 0.1) is 0 Å². The zero-order valence-corrected chi connectivity index (χ0v) is 13.6. The average Bonchev–Trinajstić information content (AvgIpc) is 2.87. The van der Waals surface area contributed by atoms with Gasteiger partial charge < -0.3 is 5.32 Å². The molecule has 22 heavy (non-hydrogen) atoms. The van der Waals surface area contributed by atoms with Crippen LogP contribution in [0.15, 0.2) is 34.1 Å². The van der Waals surface area contributed by atoms with Gasteiger partial charge in [0.15, 0.2) is 10.8 Å². The lowest BCUT2D eigenvalue weighted by molar-refractivity contribution is -0.140. The molecule has 0 fully saturated rings. The molecular weight excluding hydrogens is 383 g/mol. The Bertz CT molecular complexity index is 675. The third-order valence-corrected chi connectivity index (χ3v) is 4.21. The van der Waals surface area contributed by atoms with Crippen LogP contribution in [-0.2, 0) is 6.18 Å². The van der Waals surface area contributed by atoms with Crippen LogP contribution >= 0.6 is 27.3 Å². The first-order chi connectivity index (χ1) is 10.3. The number of anilines is 1. The van der Waals surface area contributed by atoms with E-state index in [0.717, 1.165) is 26.8 Å². The molecule has 9 heteroatoms. The summed E-state index contributed by atoms with van der Waals surface area (Å²) in [6.07, 6.45) is -4.52. The Morgan fingerprint density at radius 3 is 2.64 bits per heavy atom. The monoisotopic (exact) mass is 393 g/mol. The summed E-state index contributed by atoms with van der Waals surface area (Å²) in [4.78, 5) is 15.1. The van der Waals surface area contributed by atoms with Gasteiger partial charge in [-0.1, -0.05) is 34.1 Å². The molecule has 0 spiro atoms. The molecule has 1 aromatic carbocycles. The van der Waals surface area contributed by atoms with Gasteiger partial charge in [0.25, 0.3) is 0 Å². The minimum atomic E-state index is -4.52. The van der Waals surface area contributed by atoms with Gasteiger partial charge >= 0.3 is 12.2 Å². The highest BCUT2D eigenvalue weighted by molar-refractivity contribution is 9.10. The number of hydrogen-bond acceptors (Lipinski definition) is 3. The first kappa shape index (κ1) is 16.8. The van der Waals surface area contributed by atoms with Crippen molar-refractivity contribution in [1.82, 2.24) is 10.3 Å². The molecule has 2 aromatic rings. The van der Waals surface area contributed by atoms with Crippen molar-refractivity contribution in [3.05, 3.63) is 45.4 Å². The number of nitrogens with one attached hydrogen (secondary N) is 2. The van der Waals surface area contributed by atoms with E-state index in [4.69, 9.17) is 0 Å². The van der Waals surface area contributed by atoms with Crippen LogP contribution in [0.25, 0.3) is 0 Å². The second-order valence-corrected chi connectivity index (χ2v) is 6.09. The summed E-state index contributed by atoms with van der Waals surface area (Å²) in [5, 5.41) is 5.68. The van der Waals surface area contributed by atoms with Gasteiger partial charge in [-0.15, -0.1) is 11.3 Å². The number of carbonyl (C=O) groups excluding carboxylic acids is 1. The summed E-state index contributed by atoms with van der Waals surface area (Å²) in [5.41, 5.74) is -0.167. The van der Waals surface area contributed by atoms with Gasteiger partial charge in [-0.05, 0) is 18.6 Å². The number of alkyl halides is 3. The molecule has 2 rings (SSSR count). The Kier molecular flexibility index (Phi) is 5.07. The normalized spacial score (nSPS) is 12.8.